The Morgan fingerprint density at radius 3 is 1.60 bits per heavy atom. The minimum Gasteiger partial charge on any atom is -0.379 e. The first-order valence-electron chi connectivity index (χ1n) is 11.9. The van der Waals surface area contributed by atoms with Crippen LogP contribution in [0, 0.1) is 0 Å². The average Bonchev–Trinajstić information content (AvgIpc) is 2.76. The van der Waals surface area contributed by atoms with Crippen molar-refractivity contribution in [1.29, 1.82) is 0 Å². The Morgan fingerprint density at radius 2 is 1.11 bits per heavy atom. The van der Waals surface area contributed by atoms with Gasteiger partial charge >= 0.3 is 29.9 Å². The zero-order valence-corrected chi connectivity index (χ0v) is 19.4. The molecule has 1 atom stereocenters. The third-order valence-corrected chi connectivity index (χ3v) is 5.96. The van der Waals surface area contributed by atoms with Crippen molar-refractivity contribution in [2.45, 2.75) is 119 Å². The molecule has 0 saturated carbocycles. The van der Waals surface area contributed by atoms with E-state index < -0.39 is 42.7 Å². The van der Waals surface area contributed by atoms with Gasteiger partial charge in [-0.05, 0) is 32.1 Å². The Kier molecular flexibility index (Phi) is 12.5. The Labute approximate surface area is 197 Å². The quantitative estimate of drug-likeness (QED) is 0.136. The lowest BCUT2D eigenvalue weighted by atomic mass is 9.94. The number of halogens is 11. The van der Waals surface area contributed by atoms with Crippen LogP contribution in [0.3, 0.4) is 0 Å². The fraction of sp³-hybridized carbons (Fsp3) is 1.00. The Morgan fingerprint density at radius 1 is 0.600 bits per heavy atom. The molecule has 1 rings (SSSR count). The molecule has 1 saturated heterocycles. The zero-order chi connectivity index (χ0) is 26.8. The highest BCUT2D eigenvalue weighted by Gasteiger charge is 2.86. The summed E-state index contributed by atoms with van der Waals surface area (Å²) in [5.41, 5.74) is 0. The fourth-order valence-electron chi connectivity index (χ4n) is 3.70. The van der Waals surface area contributed by atoms with Crippen molar-refractivity contribution < 1.29 is 57.8 Å². The minimum atomic E-state index is -7.32. The number of ether oxygens (including phenoxy) is 2. The summed E-state index contributed by atoms with van der Waals surface area (Å²) >= 11 is 0. The first kappa shape index (κ1) is 32.2. The third-order valence-electron chi connectivity index (χ3n) is 5.96. The van der Waals surface area contributed by atoms with Crippen molar-refractivity contribution in [3.05, 3.63) is 0 Å². The highest BCUT2D eigenvalue weighted by molar-refractivity contribution is 5.06. The number of hydrogen-bond donors (Lipinski definition) is 0. The molecule has 0 amide bonds. The van der Waals surface area contributed by atoms with Crippen LogP contribution in [-0.2, 0) is 9.47 Å². The van der Waals surface area contributed by atoms with E-state index in [1.54, 1.807) is 0 Å². The fourth-order valence-corrected chi connectivity index (χ4v) is 3.70. The Bertz CT molecular complexity index is 588. The van der Waals surface area contributed by atoms with Crippen LogP contribution in [0.5, 0.6) is 0 Å². The number of alkyl halides is 11. The molecule has 0 radical (unpaired) electrons. The van der Waals surface area contributed by atoms with E-state index in [9.17, 15) is 48.3 Å². The summed E-state index contributed by atoms with van der Waals surface area (Å²) in [5, 5.41) is 0. The van der Waals surface area contributed by atoms with Gasteiger partial charge in [-0.15, -0.1) is 0 Å². The van der Waals surface area contributed by atoms with Crippen molar-refractivity contribution in [1.82, 2.24) is 0 Å². The third kappa shape index (κ3) is 8.89. The maximum absolute atomic E-state index is 13.6. The van der Waals surface area contributed by atoms with Gasteiger partial charge in [0.1, 0.15) is 0 Å². The van der Waals surface area contributed by atoms with Gasteiger partial charge in [0.2, 0.25) is 0 Å². The molecule has 2 nitrogen and oxygen atoms in total. The van der Waals surface area contributed by atoms with E-state index in [1.165, 1.54) is 0 Å². The van der Waals surface area contributed by atoms with Crippen LogP contribution in [-0.4, -0.2) is 55.8 Å². The van der Waals surface area contributed by atoms with Gasteiger partial charge in [0.05, 0.1) is 12.7 Å². The van der Waals surface area contributed by atoms with Gasteiger partial charge in [-0.1, -0.05) is 44.9 Å². The van der Waals surface area contributed by atoms with Gasteiger partial charge in [0.25, 0.3) is 0 Å². The predicted molar refractivity (Wildman–Crippen MR) is 106 cm³/mol. The molecule has 0 spiro atoms. The molecular weight excluding hydrogens is 505 g/mol. The Hall–Kier alpha value is -0.850. The van der Waals surface area contributed by atoms with Gasteiger partial charge in [-0.3, -0.25) is 0 Å². The molecule has 0 aliphatic carbocycles. The highest BCUT2D eigenvalue weighted by Crippen LogP contribution is 2.58. The van der Waals surface area contributed by atoms with Gasteiger partial charge in [0.15, 0.2) is 0 Å². The molecule has 210 valence electrons. The van der Waals surface area contributed by atoms with Gasteiger partial charge in [0, 0.05) is 19.6 Å². The molecule has 1 heterocycles. The van der Waals surface area contributed by atoms with Crippen molar-refractivity contribution in [2.24, 2.45) is 0 Å². The second-order valence-electron chi connectivity index (χ2n) is 8.92. The maximum atomic E-state index is 13.6. The first-order valence-corrected chi connectivity index (χ1v) is 11.9. The number of rotatable bonds is 17. The predicted octanol–water partition coefficient (Wildman–Crippen LogP) is 8.58. The molecule has 0 aromatic rings. The molecule has 13 heteroatoms. The van der Waals surface area contributed by atoms with Crippen LogP contribution in [0.15, 0.2) is 0 Å². The van der Waals surface area contributed by atoms with E-state index in [-0.39, 0.29) is 12.5 Å². The van der Waals surface area contributed by atoms with Crippen LogP contribution >= 0.6 is 0 Å². The maximum Gasteiger partial charge on any atom is 0.460 e. The lowest BCUT2D eigenvalue weighted by molar-refractivity contribution is -0.422. The average molecular weight is 538 g/mol. The molecular formula is C22H33F11O2. The molecule has 1 aliphatic rings. The van der Waals surface area contributed by atoms with Crippen molar-refractivity contribution in [3.8, 4) is 0 Å². The zero-order valence-electron chi connectivity index (χ0n) is 19.4. The van der Waals surface area contributed by atoms with Crippen LogP contribution in [0.25, 0.3) is 0 Å². The van der Waals surface area contributed by atoms with Gasteiger partial charge in [-0.2, -0.15) is 48.3 Å². The summed E-state index contributed by atoms with van der Waals surface area (Å²) in [6, 6.07) is 0. The lowest BCUT2D eigenvalue weighted by Gasteiger charge is -2.37. The molecule has 0 N–H and O–H groups in total. The monoisotopic (exact) mass is 538 g/mol. The first-order chi connectivity index (χ1) is 16.1. The summed E-state index contributed by atoms with van der Waals surface area (Å²) < 4.78 is 153. The molecule has 1 aliphatic heterocycles. The summed E-state index contributed by atoms with van der Waals surface area (Å²) in [6.07, 6.45) is -1.38. The molecule has 0 aromatic carbocycles. The summed E-state index contributed by atoms with van der Waals surface area (Å²) in [4.78, 5) is 0. The highest BCUT2D eigenvalue weighted by atomic mass is 19.4. The van der Waals surface area contributed by atoms with Crippen LogP contribution in [0.4, 0.5) is 48.3 Å². The summed E-state index contributed by atoms with van der Waals surface area (Å²) in [6.45, 7) is 1.96. The number of unbranched alkanes of at least 4 members (excludes halogenated alkanes) is 8. The van der Waals surface area contributed by atoms with Gasteiger partial charge in [-0.25, -0.2) is 0 Å². The van der Waals surface area contributed by atoms with Crippen molar-refractivity contribution >= 4 is 0 Å². The Balaban J connectivity index is 2.17. The number of hydrogen-bond acceptors (Lipinski definition) is 2. The largest absolute Gasteiger partial charge is 0.460 e. The van der Waals surface area contributed by atoms with Crippen LogP contribution < -0.4 is 0 Å². The van der Waals surface area contributed by atoms with E-state index in [0.29, 0.717) is 26.1 Å². The standard InChI is InChI=1S/C22H33F11O2/c23-18(24,19(25,26)20(27,28)21(29,30)22(31,32)33)13-9-6-4-2-1-3-5-7-10-14-34-16-17-12-8-11-15-35-17/h17H,1-16H2. The van der Waals surface area contributed by atoms with E-state index in [4.69, 9.17) is 9.47 Å². The topological polar surface area (TPSA) is 18.5 Å². The molecule has 1 fully saturated rings. The second-order valence-corrected chi connectivity index (χ2v) is 8.92. The SMILES string of the molecule is FC(F)(F)C(F)(F)C(F)(F)C(F)(F)C(F)(F)CCCCCCCCCCCOCC1CCCCO1. The van der Waals surface area contributed by atoms with E-state index in [0.717, 1.165) is 58.0 Å². The smallest absolute Gasteiger partial charge is 0.379 e. The van der Waals surface area contributed by atoms with Crippen molar-refractivity contribution in [2.75, 3.05) is 19.8 Å². The van der Waals surface area contributed by atoms with E-state index >= 15 is 0 Å². The van der Waals surface area contributed by atoms with Crippen LogP contribution in [0.1, 0.15) is 83.5 Å². The summed E-state index contributed by atoms with van der Waals surface area (Å²) in [5.74, 6) is -27.2. The lowest BCUT2D eigenvalue weighted by Crippen LogP contribution is -2.66. The normalized spacial score (nSPS) is 18.8. The molecule has 0 aromatic heterocycles. The molecule has 1 unspecified atom stereocenters. The molecule has 35 heavy (non-hydrogen) atoms. The van der Waals surface area contributed by atoms with E-state index in [2.05, 4.69) is 0 Å². The summed E-state index contributed by atoms with van der Waals surface area (Å²) in [7, 11) is 0. The van der Waals surface area contributed by atoms with Crippen LogP contribution in [0.2, 0.25) is 0 Å². The van der Waals surface area contributed by atoms with E-state index in [1.807, 2.05) is 0 Å². The minimum absolute atomic E-state index is 0.0794. The second kappa shape index (κ2) is 13.6. The van der Waals surface area contributed by atoms with Gasteiger partial charge < -0.3 is 9.47 Å². The molecule has 0 bridgehead atoms. The van der Waals surface area contributed by atoms with Crippen molar-refractivity contribution in [3.63, 3.8) is 0 Å².